The number of fused-ring (bicyclic) bond motifs is 2. The molecule has 1 aliphatic heterocycles. The van der Waals surface area contributed by atoms with Crippen molar-refractivity contribution in [3.63, 3.8) is 0 Å². The van der Waals surface area contributed by atoms with Gasteiger partial charge in [-0.2, -0.15) is 0 Å². The lowest BCUT2D eigenvalue weighted by molar-refractivity contribution is -0.117. The summed E-state index contributed by atoms with van der Waals surface area (Å²) in [6.07, 6.45) is 0.715. The fourth-order valence-corrected chi connectivity index (χ4v) is 4.26. The molecule has 7 nitrogen and oxygen atoms in total. The van der Waals surface area contributed by atoms with Crippen LogP contribution in [-0.4, -0.2) is 41.0 Å². The van der Waals surface area contributed by atoms with Gasteiger partial charge < -0.3 is 14.6 Å². The molecule has 1 aromatic heterocycles. The number of anilines is 1. The van der Waals surface area contributed by atoms with E-state index in [1.54, 1.807) is 31.2 Å². The van der Waals surface area contributed by atoms with Gasteiger partial charge in [0.1, 0.15) is 0 Å². The van der Waals surface area contributed by atoms with Gasteiger partial charge in [-0.05, 0) is 50.2 Å². The van der Waals surface area contributed by atoms with Crippen LogP contribution in [0.1, 0.15) is 34.1 Å². The molecule has 32 heavy (non-hydrogen) atoms. The van der Waals surface area contributed by atoms with Crippen molar-refractivity contribution in [3.05, 3.63) is 75.1 Å². The first-order valence-electron chi connectivity index (χ1n) is 10.8. The van der Waals surface area contributed by atoms with Crippen molar-refractivity contribution < 1.29 is 14.3 Å². The van der Waals surface area contributed by atoms with E-state index in [2.05, 4.69) is 9.88 Å². The van der Waals surface area contributed by atoms with Gasteiger partial charge in [0.15, 0.2) is 5.43 Å². The third kappa shape index (κ3) is 4.29. The molecule has 0 atom stereocenters. The van der Waals surface area contributed by atoms with Crippen LogP contribution in [0.15, 0.2) is 47.3 Å². The second-order valence-corrected chi connectivity index (χ2v) is 8.14. The Morgan fingerprint density at radius 2 is 1.88 bits per heavy atom. The highest BCUT2D eigenvalue weighted by Crippen LogP contribution is 2.22. The molecule has 1 N–H and O–H groups in total. The van der Waals surface area contributed by atoms with Gasteiger partial charge in [-0.15, -0.1) is 0 Å². The van der Waals surface area contributed by atoms with E-state index in [4.69, 9.17) is 4.74 Å². The van der Waals surface area contributed by atoms with Crippen molar-refractivity contribution in [2.24, 2.45) is 7.05 Å². The highest BCUT2D eigenvalue weighted by atomic mass is 16.5. The number of hydrogen-bond acceptors (Lipinski definition) is 5. The molecule has 0 spiro atoms. The molecule has 0 saturated heterocycles. The third-order valence-electron chi connectivity index (χ3n) is 5.88. The maximum atomic E-state index is 13.2. The fourth-order valence-electron chi connectivity index (χ4n) is 4.26. The first-order chi connectivity index (χ1) is 15.4. The molecule has 0 bridgehead atoms. The maximum Gasteiger partial charge on any atom is 0.338 e. The predicted octanol–water partition coefficient (Wildman–Crippen LogP) is 3.02. The first kappa shape index (κ1) is 21.8. The Balaban J connectivity index is 1.46. The van der Waals surface area contributed by atoms with Crippen LogP contribution < -0.4 is 10.7 Å². The normalized spacial score (nSPS) is 13.6. The lowest BCUT2D eigenvalue weighted by Crippen LogP contribution is -2.40. The molecule has 2 heterocycles. The van der Waals surface area contributed by atoms with Gasteiger partial charge >= 0.3 is 5.97 Å². The lowest BCUT2D eigenvalue weighted by Gasteiger charge is -2.29. The number of aromatic nitrogens is 1. The Hall–Kier alpha value is -3.45. The minimum Gasteiger partial charge on any atom is -0.462 e. The minimum atomic E-state index is -0.387. The number of hydrogen-bond donors (Lipinski definition) is 1. The number of ether oxygens (including phenoxy) is 1. The third-order valence-corrected chi connectivity index (χ3v) is 5.88. The average Bonchev–Trinajstić information content (AvgIpc) is 2.78. The van der Waals surface area contributed by atoms with Crippen LogP contribution in [0.5, 0.6) is 0 Å². The molecule has 1 aliphatic rings. The summed E-state index contributed by atoms with van der Waals surface area (Å²) in [6, 6.07) is 12.6. The monoisotopic (exact) mass is 433 g/mol. The summed E-state index contributed by atoms with van der Waals surface area (Å²) < 4.78 is 7.07. The number of nitrogens with zero attached hydrogens (tertiary/aromatic N) is 2. The van der Waals surface area contributed by atoms with Crippen LogP contribution in [0, 0.1) is 6.92 Å². The maximum absolute atomic E-state index is 13.2. The van der Waals surface area contributed by atoms with E-state index in [0.29, 0.717) is 37.4 Å². The fraction of sp³-hybridized carbons (Fsp3) is 0.320. The summed E-state index contributed by atoms with van der Waals surface area (Å²) in [7, 11) is 2.00. The van der Waals surface area contributed by atoms with Gasteiger partial charge in [0, 0.05) is 48.9 Å². The van der Waals surface area contributed by atoms with Crippen molar-refractivity contribution in [1.82, 2.24) is 9.47 Å². The average molecular weight is 434 g/mol. The number of nitrogens with one attached hydrogen (secondary N) is 1. The zero-order valence-corrected chi connectivity index (χ0v) is 18.6. The van der Waals surface area contributed by atoms with Gasteiger partial charge in [-0.25, -0.2) is 4.79 Å². The molecule has 3 aromatic rings. The summed E-state index contributed by atoms with van der Waals surface area (Å²) in [5.41, 5.74) is 4.90. The second-order valence-electron chi connectivity index (χ2n) is 8.14. The number of carbonyl (C=O) groups excluding carboxylic acids is 2. The Bertz CT molecular complexity index is 1240. The Morgan fingerprint density at radius 3 is 2.59 bits per heavy atom. The SMILES string of the molecule is CCOC(=O)c1ccc(NC(=O)CN2CCc3c(c(=O)c4cc(C)ccc4n3C)C2)cc1. The number of esters is 1. The van der Waals surface area contributed by atoms with E-state index in [0.717, 1.165) is 27.7 Å². The van der Waals surface area contributed by atoms with Crippen molar-refractivity contribution in [1.29, 1.82) is 0 Å². The first-order valence-corrected chi connectivity index (χ1v) is 10.8. The number of rotatable bonds is 5. The number of carbonyl (C=O) groups is 2. The lowest BCUT2D eigenvalue weighted by atomic mass is 10.0. The van der Waals surface area contributed by atoms with E-state index in [9.17, 15) is 14.4 Å². The summed E-state index contributed by atoms with van der Waals surface area (Å²) in [5, 5.41) is 3.58. The molecule has 0 fully saturated rings. The molecule has 0 radical (unpaired) electrons. The van der Waals surface area contributed by atoms with Crippen LogP contribution in [0.2, 0.25) is 0 Å². The number of pyridine rings is 1. The highest BCUT2D eigenvalue weighted by molar-refractivity contribution is 5.94. The molecule has 2 aromatic carbocycles. The molecule has 0 aliphatic carbocycles. The molecular formula is C25H27N3O4. The topological polar surface area (TPSA) is 80.6 Å². The Kier molecular flexibility index (Phi) is 6.10. The standard InChI is InChI=1S/C25H27N3O4/c1-4-32-25(31)17-6-8-18(9-7-17)26-23(29)15-28-12-11-22-20(14-28)24(30)19-13-16(2)5-10-21(19)27(22)3/h5-10,13H,4,11-12,14-15H2,1-3H3,(H,26,29). The Labute approximate surface area is 186 Å². The van der Waals surface area contributed by atoms with Gasteiger partial charge in [0.25, 0.3) is 0 Å². The second kappa shape index (κ2) is 8.96. The molecule has 166 valence electrons. The molecule has 4 rings (SSSR count). The van der Waals surface area contributed by atoms with Crippen LogP contribution in [0.4, 0.5) is 5.69 Å². The van der Waals surface area contributed by atoms with Crippen molar-refractivity contribution >= 4 is 28.5 Å². The number of aryl methyl sites for hydroxylation is 2. The van der Waals surface area contributed by atoms with Crippen LogP contribution in [-0.2, 0) is 29.5 Å². The van der Waals surface area contributed by atoms with Crippen molar-refractivity contribution in [2.45, 2.75) is 26.8 Å². The quantitative estimate of drug-likeness (QED) is 0.626. The molecular weight excluding hydrogens is 406 g/mol. The van der Waals surface area contributed by atoms with Crippen LogP contribution in [0.3, 0.4) is 0 Å². The molecule has 1 amide bonds. The van der Waals surface area contributed by atoms with E-state index >= 15 is 0 Å². The smallest absolute Gasteiger partial charge is 0.338 e. The van der Waals surface area contributed by atoms with Gasteiger partial charge in [0.05, 0.1) is 24.2 Å². The van der Waals surface area contributed by atoms with Gasteiger partial charge in [-0.3, -0.25) is 14.5 Å². The van der Waals surface area contributed by atoms with E-state index < -0.39 is 0 Å². The summed E-state index contributed by atoms with van der Waals surface area (Å²) in [5.74, 6) is -0.549. The zero-order chi connectivity index (χ0) is 22.8. The van der Waals surface area contributed by atoms with E-state index in [-0.39, 0.29) is 23.9 Å². The van der Waals surface area contributed by atoms with Gasteiger partial charge in [0.2, 0.25) is 5.91 Å². The van der Waals surface area contributed by atoms with Crippen LogP contribution >= 0.6 is 0 Å². The van der Waals surface area contributed by atoms with Crippen molar-refractivity contribution in [2.75, 3.05) is 25.0 Å². The van der Waals surface area contributed by atoms with Crippen LogP contribution in [0.25, 0.3) is 10.9 Å². The minimum absolute atomic E-state index is 0.0523. The van der Waals surface area contributed by atoms with Crippen molar-refractivity contribution in [3.8, 4) is 0 Å². The molecule has 0 unspecified atom stereocenters. The number of amides is 1. The molecule has 0 saturated carbocycles. The molecule has 7 heteroatoms. The zero-order valence-electron chi connectivity index (χ0n) is 18.6. The highest BCUT2D eigenvalue weighted by Gasteiger charge is 2.24. The van der Waals surface area contributed by atoms with E-state index in [1.165, 1.54) is 0 Å². The largest absolute Gasteiger partial charge is 0.462 e. The summed E-state index contributed by atoms with van der Waals surface area (Å²) in [6.45, 7) is 5.38. The summed E-state index contributed by atoms with van der Waals surface area (Å²) >= 11 is 0. The number of benzene rings is 2. The Morgan fingerprint density at radius 1 is 1.12 bits per heavy atom. The van der Waals surface area contributed by atoms with E-state index in [1.807, 2.05) is 37.1 Å². The summed E-state index contributed by atoms with van der Waals surface area (Å²) in [4.78, 5) is 39.5. The van der Waals surface area contributed by atoms with Gasteiger partial charge in [-0.1, -0.05) is 11.6 Å². The predicted molar refractivity (Wildman–Crippen MR) is 124 cm³/mol.